The van der Waals surface area contributed by atoms with E-state index in [0.717, 1.165) is 18.7 Å². The lowest BCUT2D eigenvalue weighted by molar-refractivity contribution is -0.115. The van der Waals surface area contributed by atoms with E-state index in [4.69, 9.17) is 0 Å². The van der Waals surface area contributed by atoms with Crippen LogP contribution in [0.5, 0.6) is 5.75 Å². The van der Waals surface area contributed by atoms with Gasteiger partial charge in [-0.2, -0.15) is 8.78 Å². The summed E-state index contributed by atoms with van der Waals surface area (Å²) < 4.78 is 31.7. The highest BCUT2D eigenvalue weighted by Crippen LogP contribution is 2.34. The summed E-state index contributed by atoms with van der Waals surface area (Å²) in [7, 11) is 0. The van der Waals surface area contributed by atoms with Crippen molar-refractivity contribution < 1.29 is 18.3 Å². The van der Waals surface area contributed by atoms with Gasteiger partial charge in [0.15, 0.2) is 5.16 Å². The van der Waals surface area contributed by atoms with E-state index >= 15 is 0 Å². The Morgan fingerprint density at radius 3 is 2.68 bits per heavy atom. The van der Waals surface area contributed by atoms with Crippen molar-refractivity contribution in [3.63, 3.8) is 0 Å². The van der Waals surface area contributed by atoms with E-state index < -0.39 is 11.9 Å². The molecule has 0 aliphatic heterocycles. The summed E-state index contributed by atoms with van der Waals surface area (Å²) in [4.78, 5) is 12.6. The third-order valence-electron chi connectivity index (χ3n) is 4.79. The van der Waals surface area contributed by atoms with Crippen LogP contribution in [0.4, 0.5) is 14.5 Å². The lowest BCUT2D eigenvalue weighted by Crippen LogP contribution is -2.24. The number of alkyl halides is 2. The number of nitrogens with one attached hydrogen (secondary N) is 1. The molecule has 2 aromatic rings. The fourth-order valence-corrected chi connectivity index (χ4v) is 4.37. The van der Waals surface area contributed by atoms with E-state index in [9.17, 15) is 13.6 Å². The van der Waals surface area contributed by atoms with Crippen LogP contribution in [-0.2, 0) is 4.79 Å². The van der Waals surface area contributed by atoms with Gasteiger partial charge in [0.25, 0.3) is 0 Å². The molecule has 1 aliphatic rings. The predicted molar refractivity (Wildman–Crippen MR) is 104 cm³/mol. The summed E-state index contributed by atoms with van der Waals surface area (Å²) in [6, 6.07) is 6.50. The van der Waals surface area contributed by atoms with Crippen molar-refractivity contribution in [2.24, 2.45) is 0 Å². The SMILES string of the molecule is Cc1nnc(S[C@@H](C)C(=O)Nc2ccccc2OC(F)F)n1C1CCCCC1. The van der Waals surface area contributed by atoms with Gasteiger partial charge in [0.1, 0.15) is 11.6 Å². The van der Waals surface area contributed by atoms with Crippen LogP contribution in [0.2, 0.25) is 0 Å². The summed E-state index contributed by atoms with van der Waals surface area (Å²) in [5, 5.41) is 11.3. The van der Waals surface area contributed by atoms with E-state index in [1.165, 1.54) is 43.2 Å². The number of aromatic nitrogens is 3. The Bertz CT molecular complexity index is 809. The summed E-state index contributed by atoms with van der Waals surface area (Å²) in [5.74, 6) is 0.466. The first-order valence-electron chi connectivity index (χ1n) is 9.38. The first-order chi connectivity index (χ1) is 13.5. The second kappa shape index (κ2) is 9.36. The third-order valence-corrected chi connectivity index (χ3v) is 5.84. The number of rotatable bonds is 7. The highest BCUT2D eigenvalue weighted by Gasteiger charge is 2.25. The lowest BCUT2D eigenvalue weighted by Gasteiger charge is -2.25. The Labute approximate surface area is 167 Å². The molecule has 1 amide bonds. The average Bonchev–Trinajstić information content (AvgIpc) is 3.03. The van der Waals surface area contributed by atoms with Crippen LogP contribution in [0.3, 0.4) is 0 Å². The smallest absolute Gasteiger partial charge is 0.387 e. The number of hydrogen-bond acceptors (Lipinski definition) is 5. The van der Waals surface area contributed by atoms with E-state index in [0.29, 0.717) is 11.2 Å². The number of nitrogens with zero attached hydrogens (tertiary/aromatic N) is 3. The van der Waals surface area contributed by atoms with Crippen LogP contribution >= 0.6 is 11.8 Å². The Hall–Kier alpha value is -2.16. The summed E-state index contributed by atoms with van der Waals surface area (Å²) in [6.45, 7) is 0.724. The molecule has 1 atom stereocenters. The Morgan fingerprint density at radius 1 is 1.25 bits per heavy atom. The molecular weight excluding hydrogens is 386 g/mol. The number of carbonyl (C=O) groups is 1. The van der Waals surface area contributed by atoms with Crippen LogP contribution < -0.4 is 10.1 Å². The summed E-state index contributed by atoms with van der Waals surface area (Å²) >= 11 is 1.32. The number of aryl methyl sites for hydroxylation is 1. The molecule has 0 radical (unpaired) electrons. The van der Waals surface area contributed by atoms with Crippen molar-refractivity contribution in [3.05, 3.63) is 30.1 Å². The number of amides is 1. The van der Waals surface area contributed by atoms with E-state index in [2.05, 4.69) is 24.8 Å². The molecule has 152 valence electrons. The molecule has 6 nitrogen and oxygen atoms in total. The fraction of sp³-hybridized carbons (Fsp3) is 0.526. The molecule has 0 bridgehead atoms. The van der Waals surface area contributed by atoms with Crippen LogP contribution in [-0.4, -0.2) is 32.5 Å². The van der Waals surface area contributed by atoms with Gasteiger partial charge in [-0.1, -0.05) is 43.2 Å². The average molecular weight is 410 g/mol. The van der Waals surface area contributed by atoms with Crippen LogP contribution in [0, 0.1) is 6.92 Å². The highest BCUT2D eigenvalue weighted by molar-refractivity contribution is 8.00. The zero-order chi connectivity index (χ0) is 20.1. The molecule has 1 N–H and O–H groups in total. The van der Waals surface area contributed by atoms with Gasteiger partial charge in [-0.15, -0.1) is 10.2 Å². The molecule has 1 heterocycles. The minimum atomic E-state index is -2.96. The molecular formula is C19H24F2N4O2S. The molecule has 9 heteroatoms. The molecule has 1 aromatic carbocycles. The number of carbonyl (C=O) groups excluding carboxylic acids is 1. The van der Waals surface area contributed by atoms with Crippen molar-refractivity contribution in [1.29, 1.82) is 0 Å². The van der Waals surface area contributed by atoms with Gasteiger partial charge >= 0.3 is 6.61 Å². The standard InChI is InChI=1S/C19H24F2N4O2S/c1-12(17(26)22-15-10-6-7-11-16(15)27-18(20)21)28-19-24-23-13(2)25(19)14-8-4-3-5-9-14/h6-7,10-12,14,18H,3-5,8-9H2,1-2H3,(H,22,26)/t12-/m0/s1. The normalized spacial score (nSPS) is 16.2. The number of para-hydroxylation sites is 2. The number of anilines is 1. The maximum absolute atomic E-state index is 12.6. The minimum absolute atomic E-state index is 0.0655. The van der Waals surface area contributed by atoms with Crippen molar-refractivity contribution >= 4 is 23.4 Å². The Balaban J connectivity index is 1.69. The lowest BCUT2D eigenvalue weighted by atomic mass is 9.95. The van der Waals surface area contributed by atoms with E-state index in [1.807, 2.05) is 6.92 Å². The quantitative estimate of drug-likeness (QED) is 0.663. The summed E-state index contributed by atoms with van der Waals surface area (Å²) in [5.41, 5.74) is 0.213. The van der Waals surface area contributed by atoms with Crippen molar-refractivity contribution in [1.82, 2.24) is 14.8 Å². The van der Waals surface area contributed by atoms with E-state index in [-0.39, 0.29) is 17.3 Å². The largest absolute Gasteiger partial charge is 0.433 e. The van der Waals surface area contributed by atoms with Crippen LogP contribution in [0.15, 0.2) is 29.4 Å². The monoisotopic (exact) mass is 410 g/mol. The van der Waals surface area contributed by atoms with Gasteiger partial charge in [-0.05, 0) is 38.8 Å². The molecule has 1 fully saturated rings. The van der Waals surface area contributed by atoms with Gasteiger partial charge in [-0.3, -0.25) is 4.79 Å². The van der Waals surface area contributed by atoms with E-state index in [1.54, 1.807) is 19.1 Å². The fourth-order valence-electron chi connectivity index (χ4n) is 3.40. The van der Waals surface area contributed by atoms with Gasteiger partial charge < -0.3 is 14.6 Å². The molecule has 1 aromatic heterocycles. The minimum Gasteiger partial charge on any atom is -0.433 e. The molecule has 0 saturated heterocycles. The molecule has 3 rings (SSSR count). The van der Waals surface area contributed by atoms with Gasteiger partial charge in [0, 0.05) is 6.04 Å². The first kappa shape index (κ1) is 20.6. The predicted octanol–water partition coefficient (Wildman–Crippen LogP) is 4.81. The number of hydrogen-bond donors (Lipinski definition) is 1. The maximum Gasteiger partial charge on any atom is 0.387 e. The second-order valence-electron chi connectivity index (χ2n) is 6.82. The third kappa shape index (κ3) is 5.01. The highest BCUT2D eigenvalue weighted by atomic mass is 32.2. The van der Waals surface area contributed by atoms with Gasteiger partial charge in [0.2, 0.25) is 5.91 Å². The number of benzene rings is 1. The number of ether oxygens (including phenoxy) is 1. The Kier molecular flexibility index (Phi) is 6.88. The van der Waals surface area contributed by atoms with Gasteiger partial charge in [-0.25, -0.2) is 0 Å². The van der Waals surface area contributed by atoms with Crippen molar-refractivity contribution in [2.75, 3.05) is 5.32 Å². The Morgan fingerprint density at radius 2 is 1.96 bits per heavy atom. The molecule has 0 spiro atoms. The maximum atomic E-state index is 12.6. The molecule has 1 aliphatic carbocycles. The van der Waals surface area contributed by atoms with Crippen LogP contribution in [0.25, 0.3) is 0 Å². The number of halogens is 2. The molecule has 0 unspecified atom stereocenters. The zero-order valence-corrected chi connectivity index (χ0v) is 16.7. The van der Waals surface area contributed by atoms with Gasteiger partial charge in [0.05, 0.1) is 10.9 Å². The number of thioether (sulfide) groups is 1. The zero-order valence-electron chi connectivity index (χ0n) is 15.9. The van der Waals surface area contributed by atoms with Crippen molar-refractivity contribution in [3.8, 4) is 5.75 Å². The summed E-state index contributed by atoms with van der Waals surface area (Å²) in [6.07, 6.45) is 5.79. The van der Waals surface area contributed by atoms with Crippen LogP contribution in [0.1, 0.15) is 50.9 Å². The second-order valence-corrected chi connectivity index (χ2v) is 8.12. The molecule has 1 saturated carbocycles. The first-order valence-corrected chi connectivity index (χ1v) is 10.3. The molecule has 28 heavy (non-hydrogen) atoms. The topological polar surface area (TPSA) is 69.0 Å². The van der Waals surface area contributed by atoms with Crippen molar-refractivity contribution in [2.45, 2.75) is 69.0 Å².